The van der Waals surface area contributed by atoms with Crippen LogP contribution in [0.1, 0.15) is 5.56 Å². The number of rotatable bonds is 1. The van der Waals surface area contributed by atoms with Crippen molar-refractivity contribution in [2.45, 2.75) is 6.92 Å². The summed E-state index contributed by atoms with van der Waals surface area (Å²) in [5, 5.41) is 1.05. The van der Waals surface area contributed by atoms with Crippen molar-refractivity contribution in [1.82, 2.24) is 9.97 Å². The Bertz CT molecular complexity index is 733. The number of hydrogen-bond donors (Lipinski definition) is 2. The van der Waals surface area contributed by atoms with Crippen molar-refractivity contribution in [3.8, 4) is 11.3 Å². The highest BCUT2D eigenvalue weighted by Crippen LogP contribution is 2.29. The van der Waals surface area contributed by atoms with Crippen LogP contribution in [0.25, 0.3) is 22.2 Å². The first kappa shape index (κ1) is 10.6. The van der Waals surface area contributed by atoms with E-state index in [1.165, 1.54) is 6.20 Å². The first-order chi connectivity index (χ1) is 8.65. The Morgan fingerprint density at radius 3 is 2.89 bits per heavy atom. The standard InChI is InChI=1S/C13H12N4O/c1-7-6-18-11-3-2-8(4-9(7)11)12-10(14)5-16-13(15)17-12/h2-6H,14H2,1H3,(H2,15,16,17). The van der Waals surface area contributed by atoms with Crippen molar-refractivity contribution in [2.24, 2.45) is 0 Å². The van der Waals surface area contributed by atoms with Gasteiger partial charge in [0.05, 0.1) is 23.8 Å². The normalized spacial score (nSPS) is 10.9. The topological polar surface area (TPSA) is 91.0 Å². The summed E-state index contributed by atoms with van der Waals surface area (Å²) in [4.78, 5) is 8.03. The van der Waals surface area contributed by atoms with Crippen LogP contribution in [0.4, 0.5) is 11.6 Å². The summed E-state index contributed by atoms with van der Waals surface area (Å²) < 4.78 is 5.40. The Labute approximate surface area is 103 Å². The number of nitrogen functional groups attached to an aromatic ring is 2. The van der Waals surface area contributed by atoms with Gasteiger partial charge in [-0.05, 0) is 30.7 Å². The lowest BCUT2D eigenvalue weighted by Crippen LogP contribution is -2.00. The predicted molar refractivity (Wildman–Crippen MR) is 70.8 cm³/mol. The molecular formula is C13H12N4O. The lowest BCUT2D eigenvalue weighted by molar-refractivity contribution is 0.613. The second kappa shape index (κ2) is 3.73. The molecular weight excluding hydrogens is 228 g/mol. The maximum absolute atomic E-state index is 5.87. The number of nitrogens with zero attached hydrogens (tertiary/aromatic N) is 2. The molecule has 0 spiro atoms. The van der Waals surface area contributed by atoms with Crippen LogP contribution >= 0.6 is 0 Å². The molecule has 90 valence electrons. The second-order valence-electron chi connectivity index (χ2n) is 4.16. The Morgan fingerprint density at radius 2 is 2.06 bits per heavy atom. The largest absolute Gasteiger partial charge is 0.464 e. The fourth-order valence-corrected chi connectivity index (χ4v) is 1.94. The van der Waals surface area contributed by atoms with E-state index in [4.69, 9.17) is 15.9 Å². The van der Waals surface area contributed by atoms with Crippen LogP contribution in [0, 0.1) is 6.92 Å². The molecule has 0 saturated carbocycles. The average Bonchev–Trinajstić information content (AvgIpc) is 2.74. The monoisotopic (exact) mass is 240 g/mol. The number of nitrogens with two attached hydrogens (primary N) is 2. The van der Waals surface area contributed by atoms with E-state index in [-0.39, 0.29) is 5.95 Å². The van der Waals surface area contributed by atoms with Gasteiger partial charge in [0, 0.05) is 10.9 Å². The molecule has 0 unspecified atom stereocenters. The molecule has 5 heteroatoms. The number of fused-ring (bicyclic) bond motifs is 1. The molecule has 0 fully saturated rings. The summed E-state index contributed by atoms with van der Waals surface area (Å²) in [6, 6.07) is 5.80. The maximum Gasteiger partial charge on any atom is 0.220 e. The highest BCUT2D eigenvalue weighted by Gasteiger charge is 2.09. The van der Waals surface area contributed by atoms with Gasteiger partial charge >= 0.3 is 0 Å². The lowest BCUT2D eigenvalue weighted by atomic mass is 10.1. The van der Waals surface area contributed by atoms with Gasteiger partial charge in [-0.25, -0.2) is 9.97 Å². The van der Waals surface area contributed by atoms with Gasteiger partial charge in [0.25, 0.3) is 0 Å². The van der Waals surface area contributed by atoms with Crippen LogP contribution in [0.15, 0.2) is 35.1 Å². The smallest absolute Gasteiger partial charge is 0.220 e. The van der Waals surface area contributed by atoms with Gasteiger partial charge in [0.15, 0.2) is 0 Å². The van der Waals surface area contributed by atoms with Gasteiger partial charge in [-0.2, -0.15) is 0 Å². The Kier molecular flexibility index (Phi) is 2.19. The molecule has 1 aromatic carbocycles. The Balaban J connectivity index is 2.24. The van der Waals surface area contributed by atoms with Crippen molar-refractivity contribution in [3.63, 3.8) is 0 Å². The van der Waals surface area contributed by atoms with Gasteiger partial charge in [0.2, 0.25) is 5.95 Å². The molecule has 0 atom stereocenters. The summed E-state index contributed by atoms with van der Waals surface area (Å²) in [6.45, 7) is 1.99. The Hall–Kier alpha value is -2.56. The van der Waals surface area contributed by atoms with E-state index in [1.807, 2.05) is 25.1 Å². The first-order valence-electron chi connectivity index (χ1n) is 5.51. The number of benzene rings is 1. The molecule has 3 rings (SSSR count). The maximum atomic E-state index is 5.87. The summed E-state index contributed by atoms with van der Waals surface area (Å²) in [5.74, 6) is 0.211. The molecule has 2 aromatic heterocycles. The average molecular weight is 240 g/mol. The van der Waals surface area contributed by atoms with Crippen molar-refractivity contribution in [1.29, 1.82) is 0 Å². The van der Waals surface area contributed by atoms with E-state index in [0.717, 1.165) is 22.1 Å². The minimum absolute atomic E-state index is 0.211. The fourth-order valence-electron chi connectivity index (χ4n) is 1.94. The molecule has 4 N–H and O–H groups in total. The SMILES string of the molecule is Cc1coc2ccc(-c3nc(N)ncc3N)cc12. The first-order valence-corrected chi connectivity index (χ1v) is 5.51. The third-order valence-corrected chi connectivity index (χ3v) is 2.88. The van der Waals surface area contributed by atoms with Gasteiger partial charge in [0.1, 0.15) is 5.58 Å². The van der Waals surface area contributed by atoms with E-state index in [0.29, 0.717) is 11.4 Å². The highest BCUT2D eigenvalue weighted by molar-refractivity contribution is 5.87. The van der Waals surface area contributed by atoms with Crippen molar-refractivity contribution in [2.75, 3.05) is 11.5 Å². The summed E-state index contributed by atoms with van der Waals surface area (Å²) in [5.41, 5.74) is 15.4. The van der Waals surface area contributed by atoms with E-state index in [9.17, 15) is 0 Å². The number of aromatic nitrogens is 2. The zero-order valence-corrected chi connectivity index (χ0v) is 9.84. The van der Waals surface area contributed by atoms with E-state index in [1.54, 1.807) is 6.26 Å². The van der Waals surface area contributed by atoms with Gasteiger partial charge < -0.3 is 15.9 Å². The Morgan fingerprint density at radius 1 is 1.22 bits per heavy atom. The van der Waals surface area contributed by atoms with Crippen molar-refractivity contribution in [3.05, 3.63) is 36.2 Å². The molecule has 18 heavy (non-hydrogen) atoms. The van der Waals surface area contributed by atoms with Crippen LogP contribution < -0.4 is 11.5 Å². The van der Waals surface area contributed by atoms with Gasteiger partial charge in [-0.3, -0.25) is 0 Å². The summed E-state index contributed by atoms with van der Waals surface area (Å²) in [7, 11) is 0. The number of aryl methyl sites for hydroxylation is 1. The third-order valence-electron chi connectivity index (χ3n) is 2.88. The van der Waals surface area contributed by atoms with Crippen LogP contribution in [0.5, 0.6) is 0 Å². The molecule has 0 aliphatic rings. The van der Waals surface area contributed by atoms with Gasteiger partial charge in [-0.1, -0.05) is 0 Å². The number of anilines is 2. The van der Waals surface area contributed by atoms with Crippen LogP contribution in [-0.2, 0) is 0 Å². The highest BCUT2D eigenvalue weighted by atomic mass is 16.3. The molecule has 0 saturated heterocycles. The quantitative estimate of drug-likeness (QED) is 0.681. The van der Waals surface area contributed by atoms with Crippen LogP contribution in [0.3, 0.4) is 0 Å². The van der Waals surface area contributed by atoms with Crippen molar-refractivity contribution >= 4 is 22.6 Å². The fraction of sp³-hybridized carbons (Fsp3) is 0.0769. The van der Waals surface area contributed by atoms with E-state index in [2.05, 4.69) is 9.97 Å². The van der Waals surface area contributed by atoms with E-state index < -0.39 is 0 Å². The molecule has 5 nitrogen and oxygen atoms in total. The molecule has 3 aromatic rings. The zero-order chi connectivity index (χ0) is 12.7. The molecule has 0 aliphatic carbocycles. The third kappa shape index (κ3) is 1.57. The molecule has 2 heterocycles. The molecule has 0 radical (unpaired) electrons. The van der Waals surface area contributed by atoms with Crippen molar-refractivity contribution < 1.29 is 4.42 Å². The predicted octanol–water partition coefficient (Wildman–Crippen LogP) is 2.36. The number of furan rings is 1. The molecule has 0 amide bonds. The summed E-state index contributed by atoms with van der Waals surface area (Å²) >= 11 is 0. The minimum atomic E-state index is 0.211. The van der Waals surface area contributed by atoms with Crippen LogP contribution in [-0.4, -0.2) is 9.97 Å². The molecule has 0 bridgehead atoms. The van der Waals surface area contributed by atoms with Crippen LogP contribution in [0.2, 0.25) is 0 Å². The van der Waals surface area contributed by atoms with Gasteiger partial charge in [-0.15, -0.1) is 0 Å². The summed E-state index contributed by atoms with van der Waals surface area (Å²) in [6.07, 6.45) is 3.25. The minimum Gasteiger partial charge on any atom is -0.464 e. The molecule has 0 aliphatic heterocycles. The number of hydrogen-bond acceptors (Lipinski definition) is 5. The van der Waals surface area contributed by atoms with E-state index >= 15 is 0 Å². The lowest BCUT2D eigenvalue weighted by Gasteiger charge is -2.05. The zero-order valence-electron chi connectivity index (χ0n) is 9.84. The second-order valence-corrected chi connectivity index (χ2v) is 4.16.